The van der Waals surface area contributed by atoms with Crippen LogP contribution >= 0.6 is 0 Å². The van der Waals surface area contributed by atoms with Crippen LogP contribution in [0, 0.1) is 0 Å². The molecule has 5 heteroatoms. The van der Waals surface area contributed by atoms with E-state index >= 15 is 0 Å². The standard InChI is InChI=1S/C12H20N2O3/c1-3-6-12(11(16)14-8-4-2)7-5-9(17-12)10(13)15/h5,7,9H,3-4,6,8H2,1-2H3,(H2,13,15)(H,14,16). The van der Waals surface area contributed by atoms with E-state index in [4.69, 9.17) is 10.5 Å². The Kier molecular flexibility index (Phi) is 4.69. The van der Waals surface area contributed by atoms with Crippen LogP contribution in [0.25, 0.3) is 0 Å². The number of nitrogens with two attached hydrogens (primary N) is 1. The molecule has 2 atom stereocenters. The highest BCUT2D eigenvalue weighted by atomic mass is 16.5. The second kappa shape index (κ2) is 5.82. The largest absolute Gasteiger partial charge is 0.367 e. The zero-order chi connectivity index (χ0) is 12.9. The Hall–Kier alpha value is -1.36. The summed E-state index contributed by atoms with van der Waals surface area (Å²) in [7, 11) is 0. The lowest BCUT2D eigenvalue weighted by molar-refractivity contribution is -0.148. The van der Waals surface area contributed by atoms with E-state index in [-0.39, 0.29) is 5.91 Å². The fourth-order valence-electron chi connectivity index (χ4n) is 1.85. The van der Waals surface area contributed by atoms with Gasteiger partial charge in [-0.15, -0.1) is 0 Å². The number of nitrogens with one attached hydrogen (secondary N) is 1. The Morgan fingerprint density at radius 2 is 2.12 bits per heavy atom. The van der Waals surface area contributed by atoms with Gasteiger partial charge in [-0.1, -0.05) is 20.3 Å². The summed E-state index contributed by atoms with van der Waals surface area (Å²) in [5.74, 6) is -0.760. The molecule has 0 saturated carbocycles. The van der Waals surface area contributed by atoms with Gasteiger partial charge in [0.2, 0.25) is 0 Å². The smallest absolute Gasteiger partial charge is 0.256 e. The van der Waals surface area contributed by atoms with Crippen LogP contribution in [0.2, 0.25) is 0 Å². The highest BCUT2D eigenvalue weighted by molar-refractivity contribution is 5.90. The minimum absolute atomic E-state index is 0.193. The van der Waals surface area contributed by atoms with Gasteiger partial charge in [0.1, 0.15) is 0 Å². The zero-order valence-electron chi connectivity index (χ0n) is 10.4. The normalized spacial score (nSPS) is 27.1. The lowest BCUT2D eigenvalue weighted by Crippen LogP contribution is -2.48. The van der Waals surface area contributed by atoms with E-state index in [2.05, 4.69) is 5.32 Å². The molecule has 3 N–H and O–H groups in total. The molecular weight excluding hydrogens is 220 g/mol. The van der Waals surface area contributed by atoms with Gasteiger partial charge < -0.3 is 15.8 Å². The lowest BCUT2D eigenvalue weighted by atomic mass is 9.97. The number of hydrogen-bond donors (Lipinski definition) is 2. The average molecular weight is 240 g/mol. The van der Waals surface area contributed by atoms with Crippen LogP contribution in [0.1, 0.15) is 33.1 Å². The summed E-state index contributed by atoms with van der Waals surface area (Å²) < 4.78 is 5.51. The van der Waals surface area contributed by atoms with Crippen molar-refractivity contribution in [1.82, 2.24) is 5.32 Å². The maximum absolute atomic E-state index is 12.0. The fourth-order valence-corrected chi connectivity index (χ4v) is 1.85. The summed E-state index contributed by atoms with van der Waals surface area (Å²) in [5.41, 5.74) is 4.14. The van der Waals surface area contributed by atoms with E-state index in [0.717, 1.165) is 12.8 Å². The summed E-state index contributed by atoms with van der Waals surface area (Å²) in [4.78, 5) is 23.1. The Morgan fingerprint density at radius 3 is 2.59 bits per heavy atom. The second-order valence-corrected chi connectivity index (χ2v) is 4.20. The van der Waals surface area contributed by atoms with Crippen molar-refractivity contribution >= 4 is 11.8 Å². The number of primary amides is 1. The Balaban J connectivity index is 2.75. The van der Waals surface area contributed by atoms with Crippen molar-refractivity contribution in [3.63, 3.8) is 0 Å². The summed E-state index contributed by atoms with van der Waals surface area (Å²) in [6.45, 7) is 4.54. The molecule has 1 aliphatic rings. The summed E-state index contributed by atoms with van der Waals surface area (Å²) in [5, 5.41) is 2.79. The molecule has 96 valence electrons. The minimum Gasteiger partial charge on any atom is -0.367 e. The van der Waals surface area contributed by atoms with E-state index in [1.54, 1.807) is 12.2 Å². The van der Waals surface area contributed by atoms with Gasteiger partial charge in [-0.05, 0) is 25.0 Å². The molecule has 0 fully saturated rings. The van der Waals surface area contributed by atoms with Gasteiger partial charge in [-0.2, -0.15) is 0 Å². The van der Waals surface area contributed by atoms with Gasteiger partial charge >= 0.3 is 0 Å². The molecule has 0 aliphatic carbocycles. The number of carbonyl (C=O) groups is 2. The van der Waals surface area contributed by atoms with Gasteiger partial charge in [0.25, 0.3) is 11.8 Å². The van der Waals surface area contributed by atoms with Crippen LogP contribution in [-0.4, -0.2) is 30.1 Å². The summed E-state index contributed by atoms with van der Waals surface area (Å²) in [6, 6.07) is 0. The number of ether oxygens (including phenoxy) is 1. The molecular formula is C12H20N2O3. The molecule has 2 amide bonds. The molecule has 0 bridgehead atoms. The summed E-state index contributed by atoms with van der Waals surface area (Å²) >= 11 is 0. The average Bonchev–Trinajstić information content (AvgIpc) is 2.72. The van der Waals surface area contributed by atoms with Gasteiger partial charge in [0.15, 0.2) is 11.7 Å². The van der Waals surface area contributed by atoms with Crippen LogP contribution in [0.5, 0.6) is 0 Å². The molecule has 1 aliphatic heterocycles. The van der Waals surface area contributed by atoms with Gasteiger partial charge in [0, 0.05) is 6.54 Å². The van der Waals surface area contributed by atoms with E-state index in [9.17, 15) is 9.59 Å². The zero-order valence-corrected chi connectivity index (χ0v) is 10.4. The maximum atomic E-state index is 12.0. The highest BCUT2D eigenvalue weighted by Crippen LogP contribution is 2.28. The Labute approximate surface area is 101 Å². The topological polar surface area (TPSA) is 81.4 Å². The predicted octanol–water partition coefficient (Wildman–Crippen LogP) is 0.492. The van der Waals surface area contributed by atoms with Gasteiger partial charge in [-0.25, -0.2) is 0 Å². The molecule has 5 nitrogen and oxygen atoms in total. The molecule has 1 heterocycles. The van der Waals surface area contributed by atoms with Gasteiger partial charge in [0.05, 0.1) is 0 Å². The van der Waals surface area contributed by atoms with Crippen molar-refractivity contribution in [2.45, 2.75) is 44.8 Å². The number of rotatable bonds is 6. The van der Waals surface area contributed by atoms with E-state index in [0.29, 0.717) is 13.0 Å². The van der Waals surface area contributed by atoms with Crippen LogP contribution in [0.15, 0.2) is 12.2 Å². The highest BCUT2D eigenvalue weighted by Gasteiger charge is 2.43. The Bertz CT molecular complexity index is 328. The third kappa shape index (κ3) is 3.06. The molecule has 0 aromatic rings. The van der Waals surface area contributed by atoms with Crippen molar-refractivity contribution in [3.8, 4) is 0 Å². The SMILES string of the molecule is CCCNC(=O)C1(CCC)C=CC(C(N)=O)O1. The number of carbonyl (C=O) groups excluding carboxylic acids is 2. The quantitative estimate of drug-likeness (QED) is 0.663. The van der Waals surface area contributed by atoms with Crippen LogP contribution < -0.4 is 11.1 Å². The minimum atomic E-state index is -1.02. The first kappa shape index (κ1) is 13.7. The van der Waals surface area contributed by atoms with Crippen LogP contribution in [0.3, 0.4) is 0 Å². The van der Waals surface area contributed by atoms with E-state index in [1.807, 2.05) is 13.8 Å². The number of amides is 2. The van der Waals surface area contributed by atoms with E-state index in [1.165, 1.54) is 0 Å². The van der Waals surface area contributed by atoms with Crippen molar-refractivity contribution in [2.24, 2.45) is 5.73 Å². The molecule has 1 rings (SSSR count). The number of hydrogen-bond acceptors (Lipinski definition) is 3. The fraction of sp³-hybridized carbons (Fsp3) is 0.667. The summed E-state index contributed by atoms with van der Waals surface area (Å²) in [6.07, 6.45) is 4.60. The van der Waals surface area contributed by atoms with E-state index < -0.39 is 17.6 Å². The van der Waals surface area contributed by atoms with Crippen LogP contribution in [0.4, 0.5) is 0 Å². The third-order valence-corrected chi connectivity index (χ3v) is 2.70. The van der Waals surface area contributed by atoms with Gasteiger partial charge in [-0.3, -0.25) is 9.59 Å². The van der Waals surface area contributed by atoms with Crippen molar-refractivity contribution in [2.75, 3.05) is 6.54 Å². The predicted molar refractivity (Wildman–Crippen MR) is 64.1 cm³/mol. The van der Waals surface area contributed by atoms with Crippen molar-refractivity contribution in [3.05, 3.63) is 12.2 Å². The monoisotopic (exact) mass is 240 g/mol. The molecule has 0 aromatic heterocycles. The molecule has 2 unspecified atom stereocenters. The van der Waals surface area contributed by atoms with Crippen LogP contribution in [-0.2, 0) is 14.3 Å². The third-order valence-electron chi connectivity index (χ3n) is 2.70. The first-order valence-electron chi connectivity index (χ1n) is 6.00. The molecule has 0 aromatic carbocycles. The van der Waals surface area contributed by atoms with Crippen molar-refractivity contribution < 1.29 is 14.3 Å². The first-order chi connectivity index (χ1) is 8.05. The lowest BCUT2D eigenvalue weighted by Gasteiger charge is -2.26. The van der Waals surface area contributed by atoms with Crippen molar-refractivity contribution in [1.29, 1.82) is 0 Å². The molecule has 0 radical (unpaired) electrons. The molecule has 17 heavy (non-hydrogen) atoms. The molecule has 0 spiro atoms. The first-order valence-corrected chi connectivity index (χ1v) is 6.00. The maximum Gasteiger partial charge on any atom is 0.256 e. The molecule has 0 saturated heterocycles. The Morgan fingerprint density at radius 1 is 1.41 bits per heavy atom. The second-order valence-electron chi connectivity index (χ2n) is 4.20.